The van der Waals surface area contributed by atoms with E-state index in [-0.39, 0.29) is 0 Å². The molecule has 78 valence electrons. The smallest absolute Gasteiger partial charge is 0.191 e. The van der Waals surface area contributed by atoms with Crippen molar-refractivity contribution >= 4 is 37.8 Å². The molecule has 0 N–H and O–H groups in total. The zero-order valence-corrected chi connectivity index (χ0v) is 8.05. The van der Waals surface area contributed by atoms with E-state index in [9.17, 15) is 28.2 Å². The van der Waals surface area contributed by atoms with Crippen LogP contribution in [-0.2, 0) is 0 Å². The van der Waals surface area contributed by atoms with Crippen LogP contribution in [0.1, 0.15) is 0 Å². The summed E-state index contributed by atoms with van der Waals surface area (Å²) in [7, 11) is -10.3. The predicted octanol–water partition coefficient (Wildman–Crippen LogP) is 4.84. The molecule has 0 aromatic heterocycles. The van der Waals surface area contributed by atoms with Crippen LogP contribution in [0, 0.1) is 0 Å². The van der Waals surface area contributed by atoms with Gasteiger partial charge in [-0.05, 0) is 15.9 Å². The van der Waals surface area contributed by atoms with E-state index in [0.717, 1.165) is 15.9 Å². The van der Waals surface area contributed by atoms with Gasteiger partial charge >= 0.3 is 15.1 Å². The summed E-state index contributed by atoms with van der Waals surface area (Å²) in [5.41, 5.74) is 0. The van der Waals surface area contributed by atoms with E-state index in [1.165, 1.54) is 0 Å². The summed E-state index contributed by atoms with van der Waals surface area (Å²) in [5, 5.41) is 0. The summed E-state index contributed by atoms with van der Waals surface area (Å²) in [5.74, 6) is 0. The molecule has 0 nitrogen and oxygen atoms in total. The summed E-state index contributed by atoms with van der Waals surface area (Å²) < 4.78 is 76.2. The van der Waals surface area contributed by atoms with Crippen LogP contribution in [0.15, 0.2) is 0 Å². The van der Waals surface area contributed by atoms with Crippen LogP contribution >= 0.6 is 37.8 Å². The number of halogens is 9. The minimum absolute atomic E-state index is 1.11. The summed E-state index contributed by atoms with van der Waals surface area (Å²) >= 11 is 5.01. The summed E-state index contributed by atoms with van der Waals surface area (Å²) in [6.07, 6.45) is 0. The lowest BCUT2D eigenvalue weighted by molar-refractivity contribution is 0.116. The Balaban J connectivity index is 5.11. The van der Waals surface area contributed by atoms with Gasteiger partial charge in [0, 0.05) is 0 Å². The molecule has 0 fully saturated rings. The molecule has 12 heavy (non-hydrogen) atoms. The van der Waals surface area contributed by atoms with Crippen molar-refractivity contribution in [2.45, 2.75) is 9.54 Å². The highest BCUT2D eigenvalue weighted by molar-refractivity contribution is 9.10. The second-order valence-electron chi connectivity index (χ2n) is 1.89. The summed E-state index contributed by atoms with van der Waals surface area (Å²) in [4.78, 5) is -4.88. The van der Waals surface area contributed by atoms with E-state index in [1.807, 2.05) is 0 Å². The van der Waals surface area contributed by atoms with Crippen molar-refractivity contribution < 1.29 is 28.2 Å². The fourth-order valence-electron chi connectivity index (χ4n) is 0.253. The van der Waals surface area contributed by atoms with Gasteiger partial charge in [-0.1, -0.05) is 31.0 Å². The highest BCUT2D eigenvalue weighted by atomic mass is 79.9. The number of rotatable bonds is 2. The van der Waals surface area contributed by atoms with Gasteiger partial charge in [0.25, 0.3) is 0 Å². The molecule has 0 aliphatic heterocycles. The van der Waals surface area contributed by atoms with Crippen LogP contribution in [0.3, 0.4) is 0 Å². The monoisotopic (exact) mass is 304 g/mol. The topological polar surface area (TPSA) is 0 Å². The largest absolute Gasteiger partial charge is 0.335 e. The molecule has 0 heterocycles. The van der Waals surface area contributed by atoms with Gasteiger partial charge in [-0.25, -0.2) is 0 Å². The fourth-order valence-corrected chi connectivity index (χ4v) is 1.82. The van der Waals surface area contributed by atoms with Crippen LogP contribution in [0.4, 0.5) is 28.2 Å². The van der Waals surface area contributed by atoms with Gasteiger partial charge in [-0.3, -0.25) is 0 Å². The Bertz CT molecular complexity index is 187. The minimum atomic E-state index is -10.3. The van der Waals surface area contributed by atoms with Crippen molar-refractivity contribution in [2.75, 3.05) is 0 Å². The molecule has 0 aliphatic rings. The predicted molar refractivity (Wildman–Crippen MR) is 36.6 cm³/mol. The minimum Gasteiger partial charge on any atom is -0.191 e. The lowest BCUT2D eigenvalue weighted by Crippen LogP contribution is -2.33. The average molecular weight is 305 g/mol. The Morgan fingerprint density at radius 1 is 1.08 bits per heavy atom. The maximum Gasteiger partial charge on any atom is 0.335 e. The van der Waals surface area contributed by atoms with Crippen molar-refractivity contribution in [1.29, 1.82) is 0 Å². The second kappa shape index (κ2) is 2.17. The third-order valence-corrected chi connectivity index (χ3v) is 4.04. The molecule has 0 saturated carbocycles. The molecule has 0 saturated heterocycles. The van der Waals surface area contributed by atoms with Gasteiger partial charge < -0.3 is 0 Å². The first-order valence-electron chi connectivity index (χ1n) is 2.08. The Kier molecular flexibility index (Phi) is 2.28. The molecule has 10 heteroatoms. The first-order valence-corrected chi connectivity index (χ1v) is 5.32. The normalized spacial score (nSPS) is 22.8. The Morgan fingerprint density at radius 3 is 1.33 bits per heavy atom. The maximum atomic E-state index is 11.7. The SMILES string of the molecule is FC(F)(Br)C(Cl)S(F)(F)(F)(F)F. The molecule has 0 aromatic rings. The quantitative estimate of drug-likeness (QED) is 0.506. The molecule has 1 atom stereocenters. The third kappa shape index (κ3) is 3.56. The molecule has 0 rings (SSSR count). The van der Waals surface area contributed by atoms with E-state index in [1.54, 1.807) is 0 Å². The summed E-state index contributed by atoms with van der Waals surface area (Å²) in [6.45, 7) is 0. The third-order valence-electron chi connectivity index (χ3n) is 0.648. The van der Waals surface area contributed by atoms with Crippen molar-refractivity contribution in [2.24, 2.45) is 0 Å². The van der Waals surface area contributed by atoms with E-state index in [2.05, 4.69) is 11.6 Å². The van der Waals surface area contributed by atoms with Gasteiger partial charge in [0.2, 0.25) is 4.71 Å². The highest BCUT2D eigenvalue weighted by Crippen LogP contribution is 3.02. The Labute approximate surface area is 75.9 Å². The fraction of sp³-hybridized carbons (Fsp3) is 1.00. The van der Waals surface area contributed by atoms with Crippen molar-refractivity contribution in [1.82, 2.24) is 0 Å². The molecule has 0 aliphatic carbocycles. The Morgan fingerprint density at radius 2 is 1.33 bits per heavy atom. The molecular formula is C2HBrClF7S. The van der Waals surface area contributed by atoms with E-state index >= 15 is 0 Å². The van der Waals surface area contributed by atoms with Gasteiger partial charge in [0.15, 0.2) is 0 Å². The maximum absolute atomic E-state index is 11.7. The van der Waals surface area contributed by atoms with Crippen LogP contribution in [-0.4, -0.2) is 9.54 Å². The molecule has 0 amide bonds. The van der Waals surface area contributed by atoms with Crippen LogP contribution in [0.25, 0.3) is 0 Å². The van der Waals surface area contributed by atoms with Crippen LogP contribution < -0.4 is 0 Å². The molecule has 0 spiro atoms. The molecule has 0 bridgehead atoms. The molecular weight excluding hydrogens is 304 g/mol. The van der Waals surface area contributed by atoms with Crippen molar-refractivity contribution in [3.05, 3.63) is 0 Å². The van der Waals surface area contributed by atoms with Gasteiger partial charge in [-0.15, -0.1) is 0 Å². The lowest BCUT2D eigenvalue weighted by Gasteiger charge is -2.44. The summed E-state index contributed by atoms with van der Waals surface area (Å²) in [6, 6.07) is 0. The second-order valence-corrected chi connectivity index (χ2v) is 6.17. The Hall–Kier alpha value is 0.630. The average Bonchev–Trinajstić information content (AvgIpc) is 1.54. The van der Waals surface area contributed by atoms with Gasteiger partial charge in [-0.2, -0.15) is 8.78 Å². The van der Waals surface area contributed by atoms with E-state index in [4.69, 9.17) is 0 Å². The van der Waals surface area contributed by atoms with Crippen LogP contribution in [0.5, 0.6) is 0 Å². The van der Waals surface area contributed by atoms with Crippen LogP contribution in [0.2, 0.25) is 0 Å². The first kappa shape index (κ1) is 12.6. The molecule has 1 unspecified atom stereocenters. The highest BCUT2D eigenvalue weighted by Gasteiger charge is 2.76. The first-order chi connectivity index (χ1) is 4.64. The van der Waals surface area contributed by atoms with Gasteiger partial charge in [0.1, 0.15) is 0 Å². The number of alkyl halides is 4. The van der Waals surface area contributed by atoms with Crippen molar-refractivity contribution in [3.8, 4) is 0 Å². The van der Waals surface area contributed by atoms with E-state index < -0.39 is 19.8 Å². The standard InChI is InChI=1S/C2HBrClF7S/c3-2(5,6)1(4)12(7,8,9,10)11/h1H. The van der Waals surface area contributed by atoms with E-state index in [0.29, 0.717) is 0 Å². The zero-order chi connectivity index (χ0) is 10.5. The van der Waals surface area contributed by atoms with Gasteiger partial charge in [0.05, 0.1) is 0 Å². The zero-order valence-electron chi connectivity index (χ0n) is 4.89. The number of hydrogen-bond acceptors (Lipinski definition) is 0. The van der Waals surface area contributed by atoms with Crippen molar-refractivity contribution in [3.63, 3.8) is 0 Å². The molecule has 0 radical (unpaired) electrons. The molecule has 0 aromatic carbocycles. The number of hydrogen-bond donors (Lipinski definition) is 0. The lowest BCUT2D eigenvalue weighted by atomic mass is 10.8.